The van der Waals surface area contributed by atoms with E-state index in [-0.39, 0.29) is 12.2 Å². The molecule has 2 nitrogen and oxygen atoms in total. The monoisotopic (exact) mass is 220 g/mol. The van der Waals surface area contributed by atoms with Gasteiger partial charge < -0.3 is 4.42 Å². The molecular formula is C12H9ClO2. The Morgan fingerprint density at radius 3 is 2.67 bits per heavy atom. The van der Waals surface area contributed by atoms with E-state index in [1.54, 1.807) is 42.7 Å². The Kier molecular flexibility index (Phi) is 2.88. The van der Waals surface area contributed by atoms with Gasteiger partial charge in [-0.1, -0.05) is 23.7 Å². The van der Waals surface area contributed by atoms with Crippen molar-refractivity contribution in [1.82, 2.24) is 0 Å². The van der Waals surface area contributed by atoms with Crippen molar-refractivity contribution < 1.29 is 9.21 Å². The average molecular weight is 221 g/mol. The van der Waals surface area contributed by atoms with Crippen LogP contribution >= 0.6 is 11.6 Å². The topological polar surface area (TPSA) is 30.2 Å². The summed E-state index contributed by atoms with van der Waals surface area (Å²) >= 11 is 5.91. The van der Waals surface area contributed by atoms with Gasteiger partial charge in [0.15, 0.2) is 5.78 Å². The summed E-state index contributed by atoms with van der Waals surface area (Å²) in [7, 11) is 0. The van der Waals surface area contributed by atoms with Crippen LogP contribution in [-0.4, -0.2) is 5.78 Å². The van der Waals surface area contributed by atoms with E-state index in [1.165, 1.54) is 0 Å². The number of ketones is 1. The minimum absolute atomic E-state index is 0.0319. The van der Waals surface area contributed by atoms with E-state index < -0.39 is 0 Å². The number of hydrogen-bond donors (Lipinski definition) is 0. The fraction of sp³-hybridized carbons (Fsp3) is 0.0833. The first-order valence-corrected chi connectivity index (χ1v) is 4.95. The van der Waals surface area contributed by atoms with Crippen LogP contribution in [0.3, 0.4) is 0 Å². The Balaban J connectivity index is 2.19. The van der Waals surface area contributed by atoms with E-state index in [2.05, 4.69) is 0 Å². The molecular weight excluding hydrogens is 212 g/mol. The maximum atomic E-state index is 11.8. The number of furan rings is 1. The van der Waals surface area contributed by atoms with E-state index in [0.29, 0.717) is 16.3 Å². The minimum Gasteiger partial charge on any atom is -0.469 e. The summed E-state index contributed by atoms with van der Waals surface area (Å²) in [4.78, 5) is 11.8. The number of Topliss-reactive ketones (excluding diaryl/α,β-unsaturated/α-hetero) is 1. The molecule has 0 atom stereocenters. The number of benzene rings is 1. The van der Waals surface area contributed by atoms with Crippen molar-refractivity contribution in [3.8, 4) is 0 Å². The SMILES string of the molecule is O=C(Cc1ccco1)c1ccccc1Cl. The normalized spacial score (nSPS) is 10.2. The molecule has 76 valence electrons. The highest BCUT2D eigenvalue weighted by molar-refractivity contribution is 6.34. The minimum atomic E-state index is -0.0319. The van der Waals surface area contributed by atoms with Gasteiger partial charge in [0.1, 0.15) is 5.76 Å². The van der Waals surface area contributed by atoms with Crippen LogP contribution in [0.25, 0.3) is 0 Å². The first-order chi connectivity index (χ1) is 7.27. The molecule has 0 bridgehead atoms. The van der Waals surface area contributed by atoms with Gasteiger partial charge in [-0.15, -0.1) is 0 Å². The highest BCUT2D eigenvalue weighted by Crippen LogP contribution is 2.17. The maximum Gasteiger partial charge on any atom is 0.171 e. The van der Waals surface area contributed by atoms with Gasteiger partial charge in [0.25, 0.3) is 0 Å². The van der Waals surface area contributed by atoms with E-state index in [4.69, 9.17) is 16.0 Å². The molecule has 1 heterocycles. The second-order valence-corrected chi connectivity index (χ2v) is 3.57. The molecule has 0 radical (unpaired) electrons. The van der Waals surface area contributed by atoms with Crippen molar-refractivity contribution >= 4 is 17.4 Å². The molecule has 0 unspecified atom stereocenters. The summed E-state index contributed by atoms with van der Waals surface area (Å²) in [6, 6.07) is 10.5. The fourth-order valence-corrected chi connectivity index (χ4v) is 1.60. The van der Waals surface area contributed by atoms with Crippen LogP contribution in [0.1, 0.15) is 16.1 Å². The molecule has 0 amide bonds. The third-order valence-corrected chi connectivity index (χ3v) is 2.42. The van der Waals surface area contributed by atoms with Gasteiger partial charge in [0.05, 0.1) is 17.7 Å². The molecule has 0 saturated heterocycles. The second-order valence-electron chi connectivity index (χ2n) is 3.16. The Morgan fingerprint density at radius 2 is 2.00 bits per heavy atom. The predicted octanol–water partition coefficient (Wildman–Crippen LogP) is 3.36. The van der Waals surface area contributed by atoms with Crippen molar-refractivity contribution in [3.63, 3.8) is 0 Å². The molecule has 1 aromatic carbocycles. The zero-order valence-electron chi connectivity index (χ0n) is 7.94. The lowest BCUT2D eigenvalue weighted by molar-refractivity contribution is 0.0987. The van der Waals surface area contributed by atoms with E-state index >= 15 is 0 Å². The van der Waals surface area contributed by atoms with Gasteiger partial charge >= 0.3 is 0 Å². The Hall–Kier alpha value is -1.54. The van der Waals surface area contributed by atoms with E-state index in [0.717, 1.165) is 0 Å². The molecule has 0 spiro atoms. The molecule has 2 rings (SSSR count). The number of rotatable bonds is 3. The highest BCUT2D eigenvalue weighted by Gasteiger charge is 2.11. The maximum absolute atomic E-state index is 11.8. The Morgan fingerprint density at radius 1 is 1.20 bits per heavy atom. The van der Waals surface area contributed by atoms with Gasteiger partial charge in [0.2, 0.25) is 0 Å². The Bertz CT molecular complexity index is 460. The van der Waals surface area contributed by atoms with Crippen molar-refractivity contribution in [2.45, 2.75) is 6.42 Å². The van der Waals surface area contributed by atoms with Crippen LogP contribution in [-0.2, 0) is 6.42 Å². The van der Waals surface area contributed by atoms with Crippen molar-refractivity contribution in [2.24, 2.45) is 0 Å². The smallest absolute Gasteiger partial charge is 0.171 e. The lowest BCUT2D eigenvalue weighted by Gasteiger charge is -2.00. The number of halogens is 1. The number of carbonyl (C=O) groups is 1. The van der Waals surface area contributed by atoms with Gasteiger partial charge in [0, 0.05) is 5.56 Å². The van der Waals surface area contributed by atoms with Crippen molar-refractivity contribution in [3.05, 3.63) is 59.0 Å². The predicted molar refractivity (Wildman–Crippen MR) is 58.2 cm³/mol. The summed E-state index contributed by atoms with van der Waals surface area (Å²) in [5.74, 6) is 0.621. The summed E-state index contributed by atoms with van der Waals surface area (Å²) in [6.07, 6.45) is 1.80. The molecule has 0 fully saturated rings. The first-order valence-electron chi connectivity index (χ1n) is 4.57. The molecule has 0 N–H and O–H groups in total. The number of hydrogen-bond acceptors (Lipinski definition) is 2. The van der Waals surface area contributed by atoms with Crippen LogP contribution in [0.15, 0.2) is 47.1 Å². The quantitative estimate of drug-likeness (QED) is 0.743. The molecule has 0 saturated carbocycles. The molecule has 0 aliphatic rings. The van der Waals surface area contributed by atoms with Gasteiger partial charge in [-0.3, -0.25) is 4.79 Å². The zero-order valence-corrected chi connectivity index (χ0v) is 8.70. The lowest BCUT2D eigenvalue weighted by Crippen LogP contribution is -2.03. The highest BCUT2D eigenvalue weighted by atomic mass is 35.5. The summed E-state index contributed by atoms with van der Waals surface area (Å²) in [6.45, 7) is 0. The molecule has 1 aromatic heterocycles. The molecule has 15 heavy (non-hydrogen) atoms. The molecule has 2 aromatic rings. The largest absolute Gasteiger partial charge is 0.469 e. The summed E-state index contributed by atoms with van der Waals surface area (Å²) < 4.78 is 5.10. The third kappa shape index (κ3) is 2.28. The van der Waals surface area contributed by atoms with Crippen LogP contribution in [0.5, 0.6) is 0 Å². The fourth-order valence-electron chi connectivity index (χ4n) is 1.35. The zero-order chi connectivity index (χ0) is 10.7. The third-order valence-electron chi connectivity index (χ3n) is 2.09. The van der Waals surface area contributed by atoms with E-state index in [1.807, 2.05) is 0 Å². The summed E-state index contributed by atoms with van der Waals surface area (Å²) in [5.41, 5.74) is 0.538. The molecule has 3 heteroatoms. The molecule has 0 aliphatic heterocycles. The summed E-state index contributed by atoms with van der Waals surface area (Å²) in [5, 5.41) is 0.481. The van der Waals surface area contributed by atoms with Gasteiger partial charge in [-0.25, -0.2) is 0 Å². The first kappa shape index (κ1) is 9.99. The van der Waals surface area contributed by atoms with Crippen LogP contribution in [0, 0.1) is 0 Å². The standard InChI is InChI=1S/C12H9ClO2/c13-11-6-2-1-5-10(11)12(14)8-9-4-3-7-15-9/h1-7H,8H2. The van der Waals surface area contributed by atoms with Crippen LogP contribution in [0.2, 0.25) is 5.02 Å². The van der Waals surface area contributed by atoms with Crippen molar-refractivity contribution in [1.29, 1.82) is 0 Å². The van der Waals surface area contributed by atoms with Crippen molar-refractivity contribution in [2.75, 3.05) is 0 Å². The number of carbonyl (C=O) groups excluding carboxylic acids is 1. The van der Waals surface area contributed by atoms with Gasteiger partial charge in [-0.05, 0) is 24.3 Å². The average Bonchev–Trinajstić information content (AvgIpc) is 2.71. The van der Waals surface area contributed by atoms with Crippen LogP contribution < -0.4 is 0 Å². The second kappa shape index (κ2) is 4.32. The molecule has 0 aliphatic carbocycles. The van der Waals surface area contributed by atoms with E-state index in [9.17, 15) is 4.79 Å². The Labute approximate surface area is 92.5 Å². The lowest BCUT2D eigenvalue weighted by atomic mass is 10.1. The van der Waals surface area contributed by atoms with Gasteiger partial charge in [-0.2, -0.15) is 0 Å². The van der Waals surface area contributed by atoms with Crippen LogP contribution in [0.4, 0.5) is 0 Å².